The van der Waals surface area contributed by atoms with Crippen molar-refractivity contribution in [1.82, 2.24) is 0 Å². The first-order valence-electron chi connectivity index (χ1n) is 36.5. The average molecular weight is 1510 g/mol. The summed E-state index contributed by atoms with van der Waals surface area (Å²) in [5.41, 5.74) is 6.60. The zero-order valence-corrected chi connectivity index (χ0v) is 65.5. The van der Waals surface area contributed by atoms with Gasteiger partial charge in [0.15, 0.2) is 46.0 Å². The fraction of sp³-hybridized carbons (Fsp3) is 0.395. The SMILES string of the molecule is C#Cc1ccc(C#Cc2ccc(C#Cc3cc(S(=O)(=O)[O-])cc4cc(S(=O)(=O)[O-])ccc34)cc2)cc1.CC[N+]1(CC)CCC2(CC1)c1cc(OC)c(c(OC)c1)OCCCCOc1c(OC)cc(cc1OC)C1(CC[N+](CC)(CC)CC1)c1cc(OC)c(c(OC)c1)OCCCCOc1c(OC)cc2cc1OC. The van der Waals surface area contributed by atoms with Crippen LogP contribution in [-0.2, 0) is 31.1 Å². The van der Waals surface area contributed by atoms with Crippen molar-refractivity contribution in [2.45, 2.75) is 99.7 Å². The Labute approximate surface area is 637 Å². The third-order valence-electron chi connectivity index (χ3n) is 22.0. The van der Waals surface area contributed by atoms with E-state index in [9.17, 15) is 25.9 Å². The maximum atomic E-state index is 11.6. The largest absolute Gasteiger partial charge is 0.744 e. The highest BCUT2D eigenvalue weighted by Gasteiger charge is 2.47. The Morgan fingerprint density at radius 1 is 0.380 bits per heavy atom. The van der Waals surface area contributed by atoms with E-state index in [0.717, 1.165) is 150 Å². The van der Waals surface area contributed by atoms with Gasteiger partial charge in [-0.2, -0.15) is 0 Å². The molecule has 9 heterocycles. The Morgan fingerprint density at radius 2 is 0.648 bits per heavy atom. The number of benzene rings is 8. The maximum absolute atomic E-state index is 11.6. The molecule has 0 saturated carbocycles. The molecule has 2 fully saturated rings. The fourth-order valence-corrected chi connectivity index (χ4v) is 16.0. The summed E-state index contributed by atoms with van der Waals surface area (Å²) in [6.07, 6.45) is 11.8. The number of terminal acetylenes is 1. The van der Waals surface area contributed by atoms with Crippen LogP contribution in [0.1, 0.15) is 129 Å². The molecule has 0 radical (unpaired) electrons. The van der Waals surface area contributed by atoms with E-state index in [2.05, 4.69) is 106 Å². The Bertz CT molecular complexity index is 4490. The first kappa shape index (κ1) is 80.6. The van der Waals surface area contributed by atoms with E-state index in [0.29, 0.717) is 132 Å². The molecule has 2 saturated heterocycles. The van der Waals surface area contributed by atoms with Gasteiger partial charge in [-0.1, -0.05) is 35.7 Å². The van der Waals surface area contributed by atoms with E-state index in [1.165, 1.54) is 6.07 Å². The molecule has 0 aromatic heterocycles. The molecule has 8 aromatic carbocycles. The lowest BCUT2D eigenvalue weighted by Crippen LogP contribution is -2.56. The fourth-order valence-electron chi connectivity index (χ4n) is 15.0. The Kier molecular flexibility index (Phi) is 26.4. The quantitative estimate of drug-likeness (QED) is 0.0560. The van der Waals surface area contributed by atoms with E-state index in [1.807, 2.05) is 12.1 Å². The van der Waals surface area contributed by atoms with Crippen LogP contribution >= 0.6 is 0 Å². The van der Waals surface area contributed by atoms with Crippen LogP contribution in [0.5, 0.6) is 69.0 Å². The zero-order chi connectivity index (χ0) is 77.4. The topological polar surface area (TPSA) is 225 Å². The second-order valence-corrected chi connectivity index (χ2v) is 30.0. The third-order valence-corrected chi connectivity index (χ3v) is 23.6. The van der Waals surface area contributed by atoms with Crippen molar-refractivity contribution in [1.29, 1.82) is 0 Å². The molecule has 0 amide bonds. The monoisotopic (exact) mass is 1510 g/mol. The second-order valence-electron chi connectivity index (χ2n) is 27.2. The smallest absolute Gasteiger partial charge is 0.203 e. The average Bonchev–Trinajstić information content (AvgIpc) is 0.744. The number of quaternary nitrogens is 2. The number of hydrogen-bond acceptors (Lipinski definition) is 18. The van der Waals surface area contributed by atoms with Crippen molar-refractivity contribution in [2.24, 2.45) is 0 Å². The molecule has 20 nitrogen and oxygen atoms in total. The first-order chi connectivity index (χ1) is 52.0. The predicted octanol–water partition coefficient (Wildman–Crippen LogP) is 13.8. The van der Waals surface area contributed by atoms with Gasteiger partial charge in [0.1, 0.15) is 20.2 Å². The molecule has 108 heavy (non-hydrogen) atoms. The molecular formula is C86H98N2O18S2. The molecule has 8 bridgehead atoms. The minimum atomic E-state index is -4.86. The summed E-state index contributed by atoms with van der Waals surface area (Å²) >= 11 is 0. The first-order valence-corrected chi connectivity index (χ1v) is 39.3. The van der Waals surface area contributed by atoms with Gasteiger partial charge in [0.2, 0.25) is 23.0 Å². The number of piperidine rings is 2. The lowest BCUT2D eigenvalue weighted by molar-refractivity contribution is -0.930. The van der Waals surface area contributed by atoms with Crippen LogP contribution in [0.4, 0.5) is 0 Å². The van der Waals surface area contributed by atoms with Gasteiger partial charge in [0.05, 0.1) is 145 Å². The molecule has 0 unspecified atom stereocenters. The van der Waals surface area contributed by atoms with E-state index < -0.39 is 40.9 Å². The number of fused-ring (bicyclic) bond motifs is 1. The molecule has 2 spiro atoms. The minimum Gasteiger partial charge on any atom is -0.744 e. The Morgan fingerprint density at radius 3 is 0.907 bits per heavy atom. The number of rotatable bonds is 14. The van der Waals surface area contributed by atoms with Crippen LogP contribution in [0.15, 0.2) is 137 Å². The van der Waals surface area contributed by atoms with Crippen LogP contribution < -0.4 is 56.8 Å². The number of methoxy groups -OCH3 is 8. The van der Waals surface area contributed by atoms with Crippen LogP contribution in [0.2, 0.25) is 0 Å². The van der Waals surface area contributed by atoms with Gasteiger partial charge < -0.3 is 74.9 Å². The molecule has 22 heteroatoms. The van der Waals surface area contributed by atoms with Gasteiger partial charge in [-0.3, -0.25) is 0 Å². The molecule has 0 atom stereocenters. The molecule has 572 valence electrons. The molecule has 8 aromatic rings. The van der Waals surface area contributed by atoms with Crippen molar-refractivity contribution in [3.05, 3.63) is 177 Å². The number of nitrogens with zero attached hydrogens (tertiary/aromatic N) is 2. The summed E-state index contributed by atoms with van der Waals surface area (Å²) in [4.78, 5) is -1.13. The summed E-state index contributed by atoms with van der Waals surface area (Å²) in [6.45, 7) is 19.2. The molecule has 17 rings (SSSR count). The van der Waals surface area contributed by atoms with Crippen LogP contribution in [0.25, 0.3) is 10.8 Å². The highest BCUT2D eigenvalue weighted by Crippen LogP contribution is 2.54. The molecule has 9 aliphatic heterocycles. The Hall–Kier alpha value is -9.96. The lowest BCUT2D eigenvalue weighted by Gasteiger charge is -2.48. The van der Waals surface area contributed by atoms with Gasteiger partial charge in [0.25, 0.3) is 0 Å². The molecule has 9 aliphatic rings. The van der Waals surface area contributed by atoms with E-state index in [4.69, 9.17) is 63.3 Å². The van der Waals surface area contributed by atoms with E-state index in [1.54, 1.807) is 93.3 Å². The summed E-state index contributed by atoms with van der Waals surface area (Å²) in [6, 6.07) is 36.9. The van der Waals surface area contributed by atoms with Crippen LogP contribution in [-0.4, -0.2) is 171 Å². The summed E-state index contributed by atoms with van der Waals surface area (Å²) in [5, 5.41) is 0.481. The zero-order valence-electron chi connectivity index (χ0n) is 63.9. The van der Waals surface area contributed by atoms with Crippen LogP contribution in [0.3, 0.4) is 0 Å². The van der Waals surface area contributed by atoms with Crippen molar-refractivity contribution in [3.8, 4) is 105 Å². The Balaban J connectivity index is 0.000000288. The van der Waals surface area contributed by atoms with Crippen molar-refractivity contribution < 1.29 is 91.7 Å². The minimum absolute atomic E-state index is 0.0917. The van der Waals surface area contributed by atoms with E-state index in [-0.39, 0.29) is 10.9 Å². The molecule has 0 N–H and O–H groups in total. The maximum Gasteiger partial charge on any atom is 0.203 e. The highest BCUT2D eigenvalue weighted by molar-refractivity contribution is 7.86. The number of ether oxygens (including phenoxy) is 12. The summed E-state index contributed by atoms with van der Waals surface area (Å²) in [5.74, 6) is 21.6. The summed E-state index contributed by atoms with van der Waals surface area (Å²) < 4.78 is 146. The number of hydrogen-bond donors (Lipinski definition) is 0. The standard InChI is InChI=1S/C58H84N2O12.C28H16O6S2/c1-13-59(14-2)25-21-57(22-26-59)41-33-45(61-5)53(46(34-41)62-6)69-29-17-19-31-71-55-49(65-9)37-43(38-50(55)66-10)58(23-27-60(15-3,16-4)28-24-58)44-39-51(67-11)56(52(40-44)68-12)72-32-20-18-30-70-54-47(63-7)35-42(57)36-48(54)64-8;1-2-20-3-5-21(6-4-20)7-8-22-9-11-23(12-10-22)13-14-24-17-27(36(32,33)34)19-25-18-26(35(29,30)31)15-16-28(24)25/h33-40H,13-32H2,1-12H3;1,3-6,9-12,15-19H,(H,29,30,31)(H,32,33,34)/q+2;/p-2. The number of likely N-dealkylation sites (tertiary alicyclic amines) is 2. The van der Waals surface area contributed by atoms with Crippen LogP contribution in [0, 0.1) is 36.0 Å². The van der Waals surface area contributed by atoms with Gasteiger partial charge in [-0.05, 0) is 208 Å². The highest BCUT2D eigenvalue weighted by atomic mass is 32.2. The normalized spacial score (nSPS) is 16.0. The predicted molar refractivity (Wildman–Crippen MR) is 413 cm³/mol. The second kappa shape index (κ2) is 35.4. The third kappa shape index (κ3) is 17.8. The van der Waals surface area contributed by atoms with Gasteiger partial charge in [0, 0.05) is 64.3 Å². The van der Waals surface area contributed by atoms with Crippen molar-refractivity contribution in [2.75, 3.05) is 136 Å². The van der Waals surface area contributed by atoms with Gasteiger partial charge in [-0.15, -0.1) is 6.42 Å². The summed E-state index contributed by atoms with van der Waals surface area (Å²) in [7, 11) is 3.87. The van der Waals surface area contributed by atoms with E-state index >= 15 is 0 Å². The van der Waals surface area contributed by atoms with Crippen molar-refractivity contribution >= 4 is 31.0 Å². The molecule has 0 aliphatic carbocycles. The molecular weight excluding hydrogens is 1410 g/mol. The van der Waals surface area contributed by atoms with Gasteiger partial charge >= 0.3 is 0 Å². The lowest BCUT2D eigenvalue weighted by atomic mass is 9.67. The van der Waals surface area contributed by atoms with Crippen molar-refractivity contribution in [3.63, 3.8) is 0 Å². The van der Waals surface area contributed by atoms with Gasteiger partial charge in [-0.25, -0.2) is 16.8 Å².